The highest BCUT2D eigenvalue weighted by atomic mass is 19.4. The van der Waals surface area contributed by atoms with Crippen LogP contribution in [0.25, 0.3) is 16.6 Å². The zero-order chi connectivity index (χ0) is 23.3. The lowest BCUT2D eigenvalue weighted by Crippen LogP contribution is -2.11. The van der Waals surface area contributed by atoms with Gasteiger partial charge in [0.2, 0.25) is 5.95 Å². The van der Waals surface area contributed by atoms with Crippen molar-refractivity contribution in [2.45, 2.75) is 33.0 Å². The number of rotatable bonds is 4. The van der Waals surface area contributed by atoms with Gasteiger partial charge in [-0.25, -0.2) is 14.4 Å². The van der Waals surface area contributed by atoms with E-state index in [1.54, 1.807) is 25.1 Å². The van der Waals surface area contributed by atoms with Crippen LogP contribution in [0.1, 0.15) is 28.2 Å². The molecule has 0 unspecified atom stereocenters. The van der Waals surface area contributed by atoms with E-state index in [1.807, 2.05) is 6.92 Å². The number of aryl methyl sites for hydroxylation is 2. The first-order valence-corrected chi connectivity index (χ1v) is 10.3. The largest absolute Gasteiger partial charge is 0.493 e. The second kappa shape index (κ2) is 7.72. The number of hydrogen-bond donors (Lipinski definition) is 1. The Labute approximate surface area is 186 Å². The Morgan fingerprint density at radius 1 is 1.09 bits per heavy atom. The number of fused-ring (bicyclic) bond motifs is 2. The van der Waals surface area contributed by atoms with E-state index < -0.39 is 17.7 Å². The standard InChI is InChI=1S/C23H19F4N5O/c1-12-3-4-14(13(2)31-12)17-10-29-22(32-11-30-21(20(17)32)23(25,26)27)28-9-16-15-7-8-33-19(15)6-5-18(16)24/h3-6,10-11H,7-9H2,1-2H3,(H,28,29). The van der Waals surface area contributed by atoms with Crippen molar-refractivity contribution in [3.05, 3.63) is 70.8 Å². The van der Waals surface area contributed by atoms with E-state index in [0.717, 1.165) is 17.6 Å². The topological polar surface area (TPSA) is 64.3 Å². The molecule has 0 saturated heterocycles. The number of nitrogens with zero attached hydrogens (tertiary/aromatic N) is 4. The molecule has 0 saturated carbocycles. The van der Waals surface area contributed by atoms with E-state index >= 15 is 0 Å². The molecule has 0 aliphatic carbocycles. The molecular formula is C23H19F4N5O. The van der Waals surface area contributed by atoms with Crippen LogP contribution >= 0.6 is 0 Å². The molecule has 1 N–H and O–H groups in total. The molecule has 1 aliphatic rings. The highest BCUT2D eigenvalue weighted by Crippen LogP contribution is 2.38. The van der Waals surface area contributed by atoms with E-state index in [2.05, 4.69) is 20.3 Å². The van der Waals surface area contributed by atoms with Crippen molar-refractivity contribution in [3.8, 4) is 16.9 Å². The van der Waals surface area contributed by atoms with E-state index in [-0.39, 0.29) is 23.6 Å². The summed E-state index contributed by atoms with van der Waals surface area (Å²) >= 11 is 0. The minimum atomic E-state index is -4.67. The first kappa shape index (κ1) is 21.2. The van der Waals surface area contributed by atoms with Gasteiger partial charge in [0.1, 0.15) is 17.9 Å². The summed E-state index contributed by atoms with van der Waals surface area (Å²) in [6, 6.07) is 6.35. The zero-order valence-corrected chi connectivity index (χ0v) is 17.8. The van der Waals surface area contributed by atoms with Gasteiger partial charge in [-0.2, -0.15) is 13.2 Å². The Hall–Kier alpha value is -3.69. The molecule has 0 bridgehead atoms. The van der Waals surface area contributed by atoms with Gasteiger partial charge in [-0.05, 0) is 32.0 Å². The number of imidazole rings is 1. The molecule has 4 heterocycles. The van der Waals surface area contributed by atoms with Crippen molar-refractivity contribution in [2.24, 2.45) is 0 Å². The third-order valence-electron chi connectivity index (χ3n) is 5.71. The van der Waals surface area contributed by atoms with Crippen LogP contribution in [0, 0.1) is 19.7 Å². The summed E-state index contributed by atoms with van der Waals surface area (Å²) in [7, 11) is 0. The summed E-state index contributed by atoms with van der Waals surface area (Å²) < 4.78 is 62.6. The number of alkyl halides is 3. The van der Waals surface area contributed by atoms with Crippen molar-refractivity contribution < 1.29 is 22.3 Å². The van der Waals surface area contributed by atoms with Crippen LogP contribution in [0.3, 0.4) is 0 Å². The van der Waals surface area contributed by atoms with E-state index in [9.17, 15) is 17.6 Å². The third kappa shape index (κ3) is 3.65. The van der Waals surface area contributed by atoms with Crippen molar-refractivity contribution >= 4 is 11.5 Å². The first-order valence-electron chi connectivity index (χ1n) is 10.3. The minimum absolute atomic E-state index is 0.0322. The van der Waals surface area contributed by atoms with Crippen molar-refractivity contribution in [1.29, 1.82) is 0 Å². The number of hydrogen-bond acceptors (Lipinski definition) is 5. The number of nitrogens with one attached hydrogen (secondary N) is 1. The van der Waals surface area contributed by atoms with Gasteiger partial charge in [-0.15, -0.1) is 0 Å². The monoisotopic (exact) mass is 457 g/mol. The molecule has 170 valence electrons. The SMILES string of the molecule is Cc1ccc(-c2cnc(NCc3c(F)ccc4c3CCO4)n3cnc(C(F)(F)F)c23)c(C)n1. The Morgan fingerprint density at radius 3 is 2.67 bits per heavy atom. The fourth-order valence-electron chi connectivity index (χ4n) is 4.20. The van der Waals surface area contributed by atoms with Gasteiger partial charge in [0.05, 0.1) is 12.1 Å². The fraction of sp³-hybridized carbons (Fsp3) is 0.261. The number of ether oxygens (including phenoxy) is 1. The van der Waals surface area contributed by atoms with Gasteiger partial charge in [-0.3, -0.25) is 9.38 Å². The molecule has 0 radical (unpaired) electrons. The minimum Gasteiger partial charge on any atom is -0.493 e. The zero-order valence-electron chi connectivity index (χ0n) is 17.8. The summed E-state index contributed by atoms with van der Waals surface area (Å²) in [6.45, 7) is 4.03. The third-order valence-corrected chi connectivity index (χ3v) is 5.71. The number of aromatic nitrogens is 4. The van der Waals surface area contributed by atoms with Gasteiger partial charge in [-0.1, -0.05) is 6.07 Å². The summed E-state index contributed by atoms with van der Waals surface area (Å²) in [6.07, 6.45) is -1.67. The molecule has 10 heteroatoms. The van der Waals surface area contributed by atoms with Crippen LogP contribution in [0.2, 0.25) is 0 Å². The Balaban J connectivity index is 1.61. The second-order valence-corrected chi connectivity index (χ2v) is 7.85. The van der Waals surface area contributed by atoms with Gasteiger partial charge in [0, 0.05) is 52.8 Å². The number of anilines is 1. The predicted molar refractivity (Wildman–Crippen MR) is 114 cm³/mol. The van der Waals surface area contributed by atoms with E-state index in [0.29, 0.717) is 35.6 Å². The molecule has 3 aromatic heterocycles. The maximum Gasteiger partial charge on any atom is 0.435 e. The molecular weight excluding hydrogens is 438 g/mol. The Kier molecular flexibility index (Phi) is 4.95. The van der Waals surface area contributed by atoms with Gasteiger partial charge in [0.15, 0.2) is 5.69 Å². The summed E-state index contributed by atoms with van der Waals surface area (Å²) in [5.41, 5.74) is 2.10. The predicted octanol–water partition coefficient (Wildman–Crippen LogP) is 5.11. The molecule has 5 rings (SSSR count). The normalized spacial score (nSPS) is 13.3. The fourth-order valence-corrected chi connectivity index (χ4v) is 4.20. The molecule has 33 heavy (non-hydrogen) atoms. The summed E-state index contributed by atoms with van der Waals surface area (Å²) in [4.78, 5) is 12.3. The highest BCUT2D eigenvalue weighted by molar-refractivity contribution is 5.84. The van der Waals surface area contributed by atoms with Gasteiger partial charge < -0.3 is 10.1 Å². The van der Waals surface area contributed by atoms with E-state index in [1.165, 1.54) is 16.7 Å². The molecule has 4 aromatic rings. The molecule has 0 amide bonds. The van der Waals surface area contributed by atoms with Crippen molar-refractivity contribution in [2.75, 3.05) is 11.9 Å². The van der Waals surface area contributed by atoms with Crippen molar-refractivity contribution in [3.63, 3.8) is 0 Å². The number of benzene rings is 1. The van der Waals surface area contributed by atoms with Crippen LogP contribution in [0.15, 0.2) is 36.8 Å². The lowest BCUT2D eigenvalue weighted by atomic mass is 10.0. The average molecular weight is 457 g/mol. The lowest BCUT2D eigenvalue weighted by molar-refractivity contribution is -0.139. The van der Waals surface area contributed by atoms with E-state index in [4.69, 9.17) is 4.74 Å². The van der Waals surface area contributed by atoms with Crippen molar-refractivity contribution in [1.82, 2.24) is 19.4 Å². The highest BCUT2D eigenvalue weighted by Gasteiger charge is 2.37. The molecule has 1 aliphatic heterocycles. The van der Waals surface area contributed by atoms with Gasteiger partial charge >= 0.3 is 6.18 Å². The number of pyridine rings is 1. The van der Waals surface area contributed by atoms with Crippen LogP contribution in [0.4, 0.5) is 23.5 Å². The molecule has 0 fully saturated rings. The second-order valence-electron chi connectivity index (χ2n) is 7.85. The molecule has 0 atom stereocenters. The smallest absolute Gasteiger partial charge is 0.435 e. The first-order chi connectivity index (χ1) is 15.7. The maximum atomic E-state index is 14.5. The Bertz CT molecular complexity index is 1380. The van der Waals surface area contributed by atoms with Crippen LogP contribution in [0.5, 0.6) is 5.75 Å². The van der Waals surface area contributed by atoms with Crippen LogP contribution in [-0.2, 0) is 19.1 Å². The Morgan fingerprint density at radius 2 is 1.91 bits per heavy atom. The summed E-state index contributed by atoms with van der Waals surface area (Å²) in [5, 5.41) is 2.98. The lowest BCUT2D eigenvalue weighted by Gasteiger charge is -2.15. The average Bonchev–Trinajstić information content (AvgIpc) is 3.40. The van der Waals surface area contributed by atoms with Crippen LogP contribution in [-0.4, -0.2) is 26.0 Å². The quantitative estimate of drug-likeness (QED) is 0.432. The molecule has 0 spiro atoms. The van der Waals surface area contributed by atoms with Gasteiger partial charge in [0.25, 0.3) is 0 Å². The number of halogens is 4. The molecule has 1 aromatic carbocycles. The summed E-state index contributed by atoms with van der Waals surface area (Å²) in [5.74, 6) is 0.318. The maximum absolute atomic E-state index is 14.5. The van der Waals surface area contributed by atoms with Crippen LogP contribution < -0.4 is 10.1 Å². The molecule has 6 nitrogen and oxygen atoms in total.